The van der Waals surface area contributed by atoms with E-state index in [1.807, 2.05) is 0 Å². The molecule has 1 aromatic carbocycles. The Hall–Kier alpha value is -1.49. The Morgan fingerprint density at radius 2 is 1.85 bits per heavy atom. The lowest BCUT2D eigenvalue weighted by molar-refractivity contribution is 0.0601. The summed E-state index contributed by atoms with van der Waals surface area (Å²) < 4.78 is 4.65. The lowest BCUT2D eigenvalue weighted by Crippen LogP contribution is -2.12. The fourth-order valence-electron chi connectivity index (χ4n) is 1.73. The number of ether oxygens (including phenoxy) is 1. The molecule has 0 bridgehead atoms. The predicted octanol–water partition coefficient (Wildman–Crippen LogP) is 3.79. The molecule has 0 saturated heterocycles. The van der Waals surface area contributed by atoms with Crippen molar-refractivity contribution in [1.82, 2.24) is 4.98 Å². The third-order valence-electron chi connectivity index (χ3n) is 2.64. The van der Waals surface area contributed by atoms with E-state index in [0.717, 1.165) is 6.07 Å². The zero-order valence-electron chi connectivity index (χ0n) is 10.2. The van der Waals surface area contributed by atoms with Crippen molar-refractivity contribution in [3.05, 3.63) is 55.4 Å². The fourth-order valence-corrected chi connectivity index (χ4v) is 2.46. The van der Waals surface area contributed by atoms with Gasteiger partial charge in [-0.3, -0.25) is 4.79 Å². The summed E-state index contributed by atoms with van der Waals surface area (Å²) in [7, 11) is 1.22. The molecule has 1 heterocycles. The second-order valence-corrected chi connectivity index (χ2v) is 5.03. The van der Waals surface area contributed by atoms with Gasteiger partial charge in [0, 0.05) is 23.4 Å². The second-order valence-electron chi connectivity index (χ2n) is 3.83. The highest BCUT2D eigenvalue weighted by Gasteiger charge is 2.20. The number of esters is 1. The smallest absolute Gasteiger partial charge is 0.338 e. The van der Waals surface area contributed by atoms with Crippen LogP contribution in [0, 0.1) is 0 Å². The molecule has 1 aromatic heterocycles. The van der Waals surface area contributed by atoms with Gasteiger partial charge in [-0.2, -0.15) is 0 Å². The number of methoxy groups -OCH3 is 1. The van der Waals surface area contributed by atoms with Gasteiger partial charge in [0.05, 0.1) is 27.7 Å². The van der Waals surface area contributed by atoms with Gasteiger partial charge in [-0.15, -0.1) is 0 Å². The summed E-state index contributed by atoms with van der Waals surface area (Å²) >= 11 is 18.2. The highest BCUT2D eigenvalue weighted by molar-refractivity contribution is 6.46. The van der Waals surface area contributed by atoms with Crippen molar-refractivity contribution in [2.45, 2.75) is 0 Å². The zero-order valence-corrected chi connectivity index (χ0v) is 12.4. The number of carbonyl (C=O) groups excluding carboxylic acids is 1. The summed E-state index contributed by atoms with van der Waals surface area (Å²) in [6, 6.07) is 4.21. The second kappa shape index (κ2) is 5.87. The van der Waals surface area contributed by atoms with Crippen molar-refractivity contribution in [2.24, 2.45) is 0 Å². The summed E-state index contributed by atoms with van der Waals surface area (Å²) in [6.45, 7) is 0. The average molecular weight is 333 g/mol. The lowest BCUT2D eigenvalue weighted by Gasteiger charge is -2.11. The van der Waals surface area contributed by atoms with Gasteiger partial charge in [0.1, 0.15) is 0 Å². The minimum atomic E-state index is -0.668. The summed E-state index contributed by atoms with van der Waals surface area (Å²) in [5.74, 6) is -0.668. The molecule has 0 radical (unpaired) electrons. The maximum absolute atomic E-state index is 11.8. The molecule has 104 valence electrons. The maximum Gasteiger partial charge on any atom is 0.338 e. The molecule has 0 amide bonds. The van der Waals surface area contributed by atoms with Crippen molar-refractivity contribution >= 4 is 40.8 Å². The number of H-pyrrole nitrogens is 1. The molecule has 0 unspecified atom stereocenters. The highest BCUT2D eigenvalue weighted by atomic mass is 35.5. The zero-order chi connectivity index (χ0) is 14.9. The third-order valence-corrected chi connectivity index (χ3v) is 3.76. The number of carbonyl (C=O) groups is 1. The van der Waals surface area contributed by atoms with Crippen LogP contribution in [0.3, 0.4) is 0 Å². The Morgan fingerprint density at radius 1 is 1.20 bits per heavy atom. The Morgan fingerprint density at radius 3 is 2.50 bits per heavy atom. The molecule has 1 N–H and O–H groups in total. The predicted molar refractivity (Wildman–Crippen MR) is 78.9 cm³/mol. The maximum atomic E-state index is 11.8. The molecule has 2 aromatic rings. The number of halogens is 3. The fraction of sp³-hybridized carbons (Fsp3) is 0.0769. The highest BCUT2D eigenvalue weighted by Crippen LogP contribution is 2.39. The van der Waals surface area contributed by atoms with E-state index in [1.54, 1.807) is 12.1 Å². The Labute approximate surface area is 129 Å². The van der Waals surface area contributed by atoms with Crippen molar-refractivity contribution in [3.8, 4) is 11.1 Å². The monoisotopic (exact) mass is 331 g/mol. The van der Waals surface area contributed by atoms with Crippen LogP contribution in [0.25, 0.3) is 11.1 Å². The summed E-state index contributed by atoms with van der Waals surface area (Å²) in [6.07, 6.45) is 1.35. The number of pyridine rings is 1. The van der Waals surface area contributed by atoms with Gasteiger partial charge in [0.15, 0.2) is 0 Å². The normalized spacial score (nSPS) is 10.4. The largest absolute Gasteiger partial charge is 0.465 e. The molecule has 0 atom stereocenters. The molecule has 20 heavy (non-hydrogen) atoms. The number of nitrogens with one attached hydrogen (secondary N) is 1. The molecule has 0 fully saturated rings. The number of benzene rings is 1. The van der Waals surface area contributed by atoms with Gasteiger partial charge in [-0.1, -0.05) is 34.8 Å². The Bertz CT molecular complexity index is 740. The van der Waals surface area contributed by atoms with E-state index >= 15 is 0 Å². The molecule has 0 saturated carbocycles. The first-order valence-corrected chi connectivity index (χ1v) is 6.54. The van der Waals surface area contributed by atoms with Crippen molar-refractivity contribution in [3.63, 3.8) is 0 Å². The average Bonchev–Trinajstić information content (AvgIpc) is 2.44. The van der Waals surface area contributed by atoms with E-state index in [-0.39, 0.29) is 15.6 Å². The van der Waals surface area contributed by atoms with E-state index in [0.29, 0.717) is 16.1 Å². The summed E-state index contributed by atoms with van der Waals surface area (Å²) in [5, 5.41) is 0.779. The van der Waals surface area contributed by atoms with Crippen LogP contribution in [0.4, 0.5) is 0 Å². The van der Waals surface area contributed by atoms with Gasteiger partial charge in [0.2, 0.25) is 5.56 Å². The van der Waals surface area contributed by atoms with Crippen LogP contribution in [0.1, 0.15) is 10.4 Å². The molecule has 0 spiro atoms. The van der Waals surface area contributed by atoms with Crippen LogP contribution >= 0.6 is 34.8 Å². The quantitative estimate of drug-likeness (QED) is 0.672. The molecule has 7 heteroatoms. The first-order valence-electron chi connectivity index (χ1n) is 5.40. The van der Waals surface area contributed by atoms with Crippen LogP contribution in [-0.4, -0.2) is 18.1 Å². The van der Waals surface area contributed by atoms with Crippen LogP contribution < -0.4 is 5.56 Å². The minimum Gasteiger partial charge on any atom is -0.465 e. The first kappa shape index (κ1) is 14.9. The number of hydrogen-bond acceptors (Lipinski definition) is 3. The lowest BCUT2D eigenvalue weighted by atomic mass is 10.0. The van der Waals surface area contributed by atoms with E-state index < -0.39 is 11.5 Å². The summed E-state index contributed by atoms with van der Waals surface area (Å²) in [5.41, 5.74) is 0.317. The van der Waals surface area contributed by atoms with Gasteiger partial charge in [-0.25, -0.2) is 4.79 Å². The van der Waals surface area contributed by atoms with E-state index in [2.05, 4.69) is 9.72 Å². The van der Waals surface area contributed by atoms with Crippen LogP contribution in [0.15, 0.2) is 29.2 Å². The molecule has 4 nitrogen and oxygen atoms in total. The number of aromatic nitrogens is 1. The van der Waals surface area contributed by atoms with Crippen molar-refractivity contribution < 1.29 is 9.53 Å². The van der Waals surface area contributed by atoms with E-state index in [1.165, 1.54) is 13.3 Å². The van der Waals surface area contributed by atoms with E-state index in [9.17, 15) is 9.59 Å². The SMILES string of the molecule is COC(=O)c1cc(=O)[nH]cc1-c1c(Cl)ccc(Cl)c1Cl. The first-order chi connectivity index (χ1) is 9.45. The van der Waals surface area contributed by atoms with Gasteiger partial charge >= 0.3 is 5.97 Å². The van der Waals surface area contributed by atoms with Gasteiger partial charge < -0.3 is 9.72 Å². The van der Waals surface area contributed by atoms with Crippen LogP contribution in [-0.2, 0) is 4.74 Å². The molecular formula is C13H8Cl3NO3. The molecule has 2 rings (SSSR count). The Kier molecular flexibility index (Phi) is 4.38. The topological polar surface area (TPSA) is 59.2 Å². The molecule has 0 aliphatic carbocycles. The third kappa shape index (κ3) is 2.68. The molecule has 0 aliphatic rings. The van der Waals surface area contributed by atoms with Crippen LogP contribution in [0.5, 0.6) is 0 Å². The molecular weight excluding hydrogens is 325 g/mol. The number of hydrogen-bond donors (Lipinski definition) is 1. The standard InChI is InChI=1S/C13H8Cl3NO3/c1-20-13(19)6-4-10(18)17-5-7(6)11-8(14)2-3-9(15)12(11)16/h2-5H,1H3,(H,17,18). The number of aromatic amines is 1. The Balaban J connectivity index is 2.80. The summed E-state index contributed by atoms with van der Waals surface area (Å²) in [4.78, 5) is 25.6. The molecule has 0 aliphatic heterocycles. The van der Waals surface area contributed by atoms with Gasteiger partial charge in [0.25, 0.3) is 0 Å². The van der Waals surface area contributed by atoms with Crippen molar-refractivity contribution in [1.29, 1.82) is 0 Å². The van der Waals surface area contributed by atoms with E-state index in [4.69, 9.17) is 34.8 Å². The van der Waals surface area contributed by atoms with Gasteiger partial charge in [-0.05, 0) is 12.1 Å². The number of rotatable bonds is 2. The minimum absolute atomic E-state index is 0.0577. The van der Waals surface area contributed by atoms with Crippen molar-refractivity contribution in [2.75, 3.05) is 7.11 Å². The van der Waals surface area contributed by atoms with Crippen LogP contribution in [0.2, 0.25) is 15.1 Å².